The lowest BCUT2D eigenvalue weighted by Gasteiger charge is -2.18. The molecule has 1 fully saturated rings. The molecule has 1 aliphatic heterocycles. The first-order valence-corrected chi connectivity index (χ1v) is 11.0. The van der Waals surface area contributed by atoms with Crippen molar-refractivity contribution in [1.29, 1.82) is 0 Å². The Labute approximate surface area is 165 Å². The van der Waals surface area contributed by atoms with Crippen molar-refractivity contribution < 1.29 is 17.6 Å². The molecule has 1 atom stereocenters. The van der Waals surface area contributed by atoms with Gasteiger partial charge in [0.25, 0.3) is 5.91 Å². The highest BCUT2D eigenvalue weighted by atomic mass is 32.2. The van der Waals surface area contributed by atoms with Crippen LogP contribution < -0.4 is 5.32 Å². The summed E-state index contributed by atoms with van der Waals surface area (Å²) in [5, 5.41) is 2.85. The summed E-state index contributed by atoms with van der Waals surface area (Å²) in [7, 11) is -3.93. The molecule has 150 valence electrons. The molecule has 3 rings (SSSR count). The van der Waals surface area contributed by atoms with Crippen molar-refractivity contribution in [2.45, 2.75) is 37.0 Å². The summed E-state index contributed by atoms with van der Waals surface area (Å²) in [5.74, 6) is -1.09. The highest BCUT2D eigenvalue weighted by Gasteiger charge is 2.30. The Kier molecular flexibility index (Phi) is 6.46. The summed E-state index contributed by atoms with van der Waals surface area (Å²) < 4.78 is 40.9. The molecule has 2 aromatic carbocycles. The Morgan fingerprint density at radius 2 is 1.82 bits per heavy atom. The third-order valence-electron chi connectivity index (χ3n) is 5.15. The molecule has 0 aliphatic carbocycles. The average Bonchev–Trinajstić information content (AvgIpc) is 3.25. The van der Waals surface area contributed by atoms with Crippen molar-refractivity contribution in [3.8, 4) is 0 Å². The van der Waals surface area contributed by atoms with Gasteiger partial charge in [-0.3, -0.25) is 4.79 Å². The van der Waals surface area contributed by atoms with Crippen molar-refractivity contribution in [1.82, 2.24) is 9.62 Å². The minimum Gasteiger partial charge on any atom is -0.351 e. The lowest BCUT2D eigenvalue weighted by molar-refractivity contribution is 0.0950. The van der Waals surface area contributed by atoms with Gasteiger partial charge in [0, 0.05) is 31.1 Å². The number of nitrogens with one attached hydrogen (secondary N) is 1. The van der Waals surface area contributed by atoms with Crippen LogP contribution in [0.4, 0.5) is 4.39 Å². The summed E-state index contributed by atoms with van der Waals surface area (Å²) in [6.07, 6.45) is 2.38. The molecule has 0 radical (unpaired) electrons. The van der Waals surface area contributed by atoms with E-state index in [4.69, 9.17) is 0 Å². The van der Waals surface area contributed by atoms with Crippen LogP contribution in [0.15, 0.2) is 53.4 Å². The van der Waals surface area contributed by atoms with E-state index in [-0.39, 0.29) is 11.5 Å². The molecule has 0 spiro atoms. The van der Waals surface area contributed by atoms with Crippen molar-refractivity contribution >= 4 is 15.9 Å². The number of hydrogen-bond acceptors (Lipinski definition) is 3. The van der Waals surface area contributed by atoms with Gasteiger partial charge in [-0.2, -0.15) is 4.31 Å². The van der Waals surface area contributed by atoms with E-state index >= 15 is 0 Å². The second kappa shape index (κ2) is 8.84. The number of amides is 1. The number of hydrogen-bond donors (Lipinski definition) is 1. The first-order valence-electron chi connectivity index (χ1n) is 9.56. The number of carbonyl (C=O) groups is 1. The molecule has 1 heterocycles. The number of nitrogens with zero attached hydrogens (tertiary/aromatic N) is 1. The zero-order valence-corrected chi connectivity index (χ0v) is 16.7. The quantitative estimate of drug-likeness (QED) is 0.768. The Bertz CT molecular complexity index is 926. The molecule has 1 N–H and O–H groups in total. The molecule has 0 aromatic heterocycles. The fourth-order valence-electron chi connectivity index (χ4n) is 3.45. The molecule has 7 heteroatoms. The van der Waals surface area contributed by atoms with Gasteiger partial charge in [0.2, 0.25) is 10.0 Å². The van der Waals surface area contributed by atoms with E-state index in [1.807, 2.05) is 37.3 Å². The third kappa shape index (κ3) is 4.42. The molecule has 0 saturated carbocycles. The topological polar surface area (TPSA) is 66.5 Å². The van der Waals surface area contributed by atoms with Crippen molar-refractivity contribution in [3.63, 3.8) is 0 Å². The van der Waals surface area contributed by atoms with Gasteiger partial charge in [-0.15, -0.1) is 0 Å². The molecule has 5 nitrogen and oxygen atoms in total. The van der Waals surface area contributed by atoms with E-state index < -0.39 is 26.6 Å². The van der Waals surface area contributed by atoms with E-state index in [1.165, 1.54) is 10.4 Å². The van der Waals surface area contributed by atoms with Crippen LogP contribution in [0.25, 0.3) is 0 Å². The summed E-state index contributed by atoms with van der Waals surface area (Å²) in [6.45, 7) is 3.23. The van der Waals surface area contributed by atoms with Crippen molar-refractivity contribution in [3.05, 3.63) is 65.5 Å². The Balaban J connectivity index is 1.75. The lowest BCUT2D eigenvalue weighted by atomic mass is 9.96. The fraction of sp³-hybridized carbons (Fsp3) is 0.381. The monoisotopic (exact) mass is 404 g/mol. The van der Waals surface area contributed by atoms with E-state index in [9.17, 15) is 17.6 Å². The molecule has 2 aromatic rings. The van der Waals surface area contributed by atoms with Gasteiger partial charge in [-0.25, -0.2) is 12.8 Å². The molecule has 1 unspecified atom stereocenters. The Morgan fingerprint density at radius 3 is 2.46 bits per heavy atom. The SMILES string of the molecule is CCC(CNC(=O)c1ccc(F)c(S(=O)(=O)N2CCCC2)c1)c1ccccc1. The van der Waals surface area contributed by atoms with E-state index in [0.717, 1.165) is 37.0 Å². The Morgan fingerprint density at radius 1 is 1.14 bits per heavy atom. The van der Waals surface area contributed by atoms with Crippen molar-refractivity contribution in [2.24, 2.45) is 0 Å². The van der Waals surface area contributed by atoms with Crippen LogP contribution in [0.2, 0.25) is 0 Å². The summed E-state index contributed by atoms with van der Waals surface area (Å²) in [4.78, 5) is 12.1. The maximum atomic E-state index is 14.2. The van der Waals surface area contributed by atoms with Crippen LogP contribution in [0.3, 0.4) is 0 Å². The molecule has 1 aliphatic rings. The van der Waals surface area contributed by atoms with Gasteiger partial charge in [0.1, 0.15) is 10.7 Å². The number of carbonyl (C=O) groups excluding carboxylic acids is 1. The predicted octanol–water partition coefficient (Wildman–Crippen LogP) is 3.53. The van der Waals surface area contributed by atoms with E-state index in [1.54, 1.807) is 0 Å². The highest BCUT2D eigenvalue weighted by Crippen LogP contribution is 2.24. The zero-order valence-electron chi connectivity index (χ0n) is 15.9. The molecule has 0 bridgehead atoms. The first-order chi connectivity index (χ1) is 13.4. The molecular formula is C21H25FN2O3S. The third-order valence-corrected chi connectivity index (χ3v) is 7.06. The fourth-order valence-corrected chi connectivity index (χ4v) is 5.06. The normalized spacial score (nSPS) is 16.1. The summed E-state index contributed by atoms with van der Waals surface area (Å²) in [6, 6.07) is 13.4. The largest absolute Gasteiger partial charge is 0.351 e. The maximum absolute atomic E-state index is 14.2. The lowest BCUT2D eigenvalue weighted by Crippen LogP contribution is -2.30. The van der Waals surface area contributed by atoms with Crippen LogP contribution in [0, 0.1) is 5.82 Å². The van der Waals surface area contributed by atoms with Crippen LogP contribution in [-0.2, 0) is 10.0 Å². The first kappa shape index (κ1) is 20.5. The molecule has 28 heavy (non-hydrogen) atoms. The number of benzene rings is 2. The van der Waals surface area contributed by atoms with Gasteiger partial charge in [-0.05, 0) is 43.0 Å². The molecular weight excluding hydrogens is 379 g/mol. The second-order valence-electron chi connectivity index (χ2n) is 6.98. The van der Waals surface area contributed by atoms with Gasteiger partial charge in [0.05, 0.1) is 0 Å². The van der Waals surface area contributed by atoms with E-state index in [2.05, 4.69) is 5.32 Å². The van der Waals surface area contributed by atoms with Gasteiger partial charge >= 0.3 is 0 Å². The van der Waals surface area contributed by atoms with Crippen LogP contribution in [0.1, 0.15) is 48.0 Å². The smallest absolute Gasteiger partial charge is 0.251 e. The highest BCUT2D eigenvalue weighted by molar-refractivity contribution is 7.89. The molecule has 1 amide bonds. The minimum absolute atomic E-state index is 0.141. The summed E-state index contributed by atoms with van der Waals surface area (Å²) >= 11 is 0. The average molecular weight is 405 g/mol. The minimum atomic E-state index is -3.93. The number of sulfonamides is 1. The Hall–Kier alpha value is -2.25. The zero-order chi connectivity index (χ0) is 20.1. The number of rotatable bonds is 7. The van der Waals surface area contributed by atoms with Gasteiger partial charge in [-0.1, -0.05) is 37.3 Å². The second-order valence-corrected chi connectivity index (χ2v) is 8.89. The van der Waals surface area contributed by atoms with E-state index in [0.29, 0.717) is 19.6 Å². The number of halogens is 1. The maximum Gasteiger partial charge on any atom is 0.251 e. The summed E-state index contributed by atoms with van der Waals surface area (Å²) in [5.41, 5.74) is 1.27. The van der Waals surface area contributed by atoms with Crippen LogP contribution in [0.5, 0.6) is 0 Å². The van der Waals surface area contributed by atoms with Gasteiger partial charge < -0.3 is 5.32 Å². The van der Waals surface area contributed by atoms with Gasteiger partial charge in [0.15, 0.2) is 0 Å². The van der Waals surface area contributed by atoms with Crippen molar-refractivity contribution in [2.75, 3.05) is 19.6 Å². The predicted molar refractivity (Wildman–Crippen MR) is 106 cm³/mol. The van der Waals surface area contributed by atoms with Crippen LogP contribution in [-0.4, -0.2) is 38.3 Å². The standard InChI is InChI=1S/C21H25FN2O3S/c1-2-16(17-8-4-3-5-9-17)15-23-21(25)18-10-11-19(22)20(14-18)28(26,27)24-12-6-7-13-24/h3-5,8-11,14,16H,2,6-7,12-13,15H2,1H3,(H,23,25). The molecule has 1 saturated heterocycles. The van der Waals surface area contributed by atoms with Crippen LogP contribution >= 0.6 is 0 Å².